The van der Waals surface area contributed by atoms with Crippen LogP contribution in [-0.4, -0.2) is 19.3 Å². The third kappa shape index (κ3) is 3.54. The number of rotatable bonds is 3. The number of nitrogens with two attached hydrogens (primary N) is 1. The summed E-state index contributed by atoms with van der Waals surface area (Å²) in [5.74, 6) is 0. The Kier molecular flexibility index (Phi) is 4.24. The maximum absolute atomic E-state index is 5.53. The number of ether oxygens (including phenoxy) is 1. The maximum Gasteiger partial charge on any atom is 0.0609 e. The third-order valence-electron chi connectivity index (χ3n) is 1.98. The molecule has 1 saturated heterocycles. The molecule has 11 heavy (non-hydrogen) atoms. The molecule has 2 heteroatoms. The van der Waals surface area contributed by atoms with Crippen molar-refractivity contribution >= 4 is 0 Å². The van der Waals surface area contributed by atoms with E-state index in [0.717, 1.165) is 13.0 Å². The van der Waals surface area contributed by atoms with Crippen molar-refractivity contribution < 1.29 is 4.74 Å². The fourth-order valence-corrected chi connectivity index (χ4v) is 1.34. The van der Waals surface area contributed by atoms with Crippen molar-refractivity contribution in [2.45, 2.75) is 31.8 Å². The summed E-state index contributed by atoms with van der Waals surface area (Å²) < 4.78 is 5.53. The van der Waals surface area contributed by atoms with E-state index in [4.69, 9.17) is 10.5 Å². The molecule has 1 unspecified atom stereocenters. The Bertz CT molecular complexity index is 117. The zero-order valence-corrected chi connectivity index (χ0v) is 6.96. The summed E-state index contributed by atoms with van der Waals surface area (Å²) in [4.78, 5) is 0. The van der Waals surface area contributed by atoms with Gasteiger partial charge in [-0.1, -0.05) is 12.2 Å². The molecule has 0 amide bonds. The van der Waals surface area contributed by atoms with Gasteiger partial charge in [-0.15, -0.1) is 0 Å². The molecule has 64 valence electrons. The van der Waals surface area contributed by atoms with Crippen molar-refractivity contribution in [2.75, 3.05) is 13.2 Å². The first-order valence-corrected chi connectivity index (χ1v) is 4.40. The van der Waals surface area contributed by atoms with Crippen LogP contribution in [0.25, 0.3) is 0 Å². The van der Waals surface area contributed by atoms with Crippen LogP contribution >= 0.6 is 0 Å². The molecule has 0 aromatic heterocycles. The fourth-order valence-electron chi connectivity index (χ4n) is 1.34. The minimum atomic E-state index is 0.464. The Hall–Kier alpha value is -0.340. The van der Waals surface area contributed by atoms with Gasteiger partial charge in [0, 0.05) is 13.2 Å². The summed E-state index contributed by atoms with van der Waals surface area (Å²) in [7, 11) is 0. The summed E-state index contributed by atoms with van der Waals surface area (Å²) in [5.41, 5.74) is 5.32. The smallest absolute Gasteiger partial charge is 0.0609 e. The monoisotopic (exact) mass is 155 g/mol. The van der Waals surface area contributed by atoms with Gasteiger partial charge in [0.1, 0.15) is 0 Å². The van der Waals surface area contributed by atoms with Crippen LogP contribution in [0.1, 0.15) is 25.7 Å². The van der Waals surface area contributed by atoms with Gasteiger partial charge < -0.3 is 10.5 Å². The molecule has 0 aliphatic carbocycles. The van der Waals surface area contributed by atoms with Crippen LogP contribution in [0.2, 0.25) is 0 Å². The lowest BCUT2D eigenvalue weighted by Gasteiger charge is -2.20. The predicted molar refractivity (Wildman–Crippen MR) is 46.4 cm³/mol. The molecule has 2 N–H and O–H groups in total. The van der Waals surface area contributed by atoms with Crippen molar-refractivity contribution in [1.29, 1.82) is 0 Å². The fraction of sp³-hybridized carbons (Fsp3) is 0.778. The standard InChI is InChI=1S/C9H17NO/c10-7-3-1-5-9-6-2-4-8-11-9/h1,3,9H,2,4-8,10H2/b3-1-. The summed E-state index contributed by atoms with van der Waals surface area (Å²) >= 11 is 0. The Balaban J connectivity index is 2.09. The van der Waals surface area contributed by atoms with E-state index >= 15 is 0 Å². The van der Waals surface area contributed by atoms with E-state index in [1.54, 1.807) is 0 Å². The lowest BCUT2D eigenvalue weighted by Crippen LogP contribution is -2.17. The highest BCUT2D eigenvalue weighted by molar-refractivity contribution is 4.85. The van der Waals surface area contributed by atoms with Gasteiger partial charge in [0.2, 0.25) is 0 Å². The lowest BCUT2D eigenvalue weighted by atomic mass is 10.1. The van der Waals surface area contributed by atoms with Crippen molar-refractivity contribution in [2.24, 2.45) is 5.73 Å². The summed E-state index contributed by atoms with van der Waals surface area (Å²) in [6.45, 7) is 1.59. The first-order valence-electron chi connectivity index (χ1n) is 4.40. The molecule has 0 aromatic rings. The minimum Gasteiger partial charge on any atom is -0.378 e. The van der Waals surface area contributed by atoms with Gasteiger partial charge in [0.15, 0.2) is 0 Å². The van der Waals surface area contributed by atoms with Crippen molar-refractivity contribution in [1.82, 2.24) is 0 Å². The average molecular weight is 155 g/mol. The molecule has 1 atom stereocenters. The molecule has 0 saturated carbocycles. The molecule has 1 aliphatic heterocycles. The van der Waals surface area contributed by atoms with E-state index in [9.17, 15) is 0 Å². The Labute approximate surface area is 68.4 Å². The van der Waals surface area contributed by atoms with Gasteiger partial charge >= 0.3 is 0 Å². The van der Waals surface area contributed by atoms with Gasteiger partial charge in [-0.3, -0.25) is 0 Å². The van der Waals surface area contributed by atoms with Crippen LogP contribution in [0.15, 0.2) is 12.2 Å². The second-order valence-corrected chi connectivity index (χ2v) is 2.93. The number of hydrogen-bond acceptors (Lipinski definition) is 2. The second-order valence-electron chi connectivity index (χ2n) is 2.93. The SMILES string of the molecule is NC/C=C\CC1CCCCO1. The van der Waals surface area contributed by atoms with Crippen LogP contribution < -0.4 is 5.73 Å². The second kappa shape index (κ2) is 5.33. The predicted octanol–water partition coefficient (Wildman–Crippen LogP) is 1.46. The van der Waals surface area contributed by atoms with E-state index in [1.165, 1.54) is 19.3 Å². The van der Waals surface area contributed by atoms with Gasteiger partial charge in [-0.25, -0.2) is 0 Å². The van der Waals surface area contributed by atoms with Gasteiger partial charge in [-0.05, 0) is 25.7 Å². The van der Waals surface area contributed by atoms with Gasteiger partial charge in [0.05, 0.1) is 6.10 Å². The molecule has 1 fully saturated rings. The van der Waals surface area contributed by atoms with Gasteiger partial charge in [-0.2, -0.15) is 0 Å². The zero-order chi connectivity index (χ0) is 7.94. The van der Waals surface area contributed by atoms with Crippen molar-refractivity contribution in [3.8, 4) is 0 Å². The maximum atomic E-state index is 5.53. The average Bonchev–Trinajstić information content (AvgIpc) is 2.07. The van der Waals surface area contributed by atoms with Crippen LogP contribution in [0.3, 0.4) is 0 Å². The molecule has 0 spiro atoms. The first kappa shape index (κ1) is 8.75. The minimum absolute atomic E-state index is 0.464. The van der Waals surface area contributed by atoms with Gasteiger partial charge in [0.25, 0.3) is 0 Å². The Morgan fingerprint density at radius 3 is 2.91 bits per heavy atom. The quantitative estimate of drug-likeness (QED) is 0.626. The molecule has 1 rings (SSSR count). The van der Waals surface area contributed by atoms with Crippen LogP contribution in [0.5, 0.6) is 0 Å². The molecule has 0 bridgehead atoms. The topological polar surface area (TPSA) is 35.2 Å². The molecule has 1 aliphatic rings. The molecule has 0 radical (unpaired) electrons. The highest BCUT2D eigenvalue weighted by Crippen LogP contribution is 2.15. The normalized spacial score (nSPS) is 26.1. The van der Waals surface area contributed by atoms with E-state index in [0.29, 0.717) is 12.6 Å². The van der Waals surface area contributed by atoms with Crippen LogP contribution in [0.4, 0.5) is 0 Å². The first-order chi connectivity index (χ1) is 5.43. The zero-order valence-electron chi connectivity index (χ0n) is 6.96. The molecular formula is C9H17NO. The van der Waals surface area contributed by atoms with E-state index in [1.807, 2.05) is 6.08 Å². The van der Waals surface area contributed by atoms with Crippen molar-refractivity contribution in [3.63, 3.8) is 0 Å². The Morgan fingerprint density at radius 2 is 2.27 bits per heavy atom. The van der Waals surface area contributed by atoms with E-state index < -0.39 is 0 Å². The molecule has 0 aromatic carbocycles. The molecule has 1 heterocycles. The molecule has 2 nitrogen and oxygen atoms in total. The third-order valence-corrected chi connectivity index (χ3v) is 1.98. The van der Waals surface area contributed by atoms with Crippen LogP contribution in [0, 0.1) is 0 Å². The highest BCUT2D eigenvalue weighted by Gasteiger charge is 2.10. The van der Waals surface area contributed by atoms with E-state index in [2.05, 4.69) is 6.08 Å². The summed E-state index contributed by atoms with van der Waals surface area (Å²) in [6, 6.07) is 0. The van der Waals surface area contributed by atoms with Crippen LogP contribution in [-0.2, 0) is 4.74 Å². The van der Waals surface area contributed by atoms with Crippen molar-refractivity contribution in [3.05, 3.63) is 12.2 Å². The van der Waals surface area contributed by atoms with E-state index in [-0.39, 0.29) is 0 Å². The largest absolute Gasteiger partial charge is 0.378 e. The Morgan fingerprint density at radius 1 is 1.36 bits per heavy atom. The summed E-state index contributed by atoms with van der Waals surface area (Å²) in [5, 5.41) is 0. The highest BCUT2D eigenvalue weighted by atomic mass is 16.5. The number of hydrogen-bond donors (Lipinski definition) is 1. The summed E-state index contributed by atoms with van der Waals surface area (Å²) in [6.07, 6.45) is 9.39. The molecular weight excluding hydrogens is 138 g/mol. The lowest BCUT2D eigenvalue weighted by molar-refractivity contribution is 0.0184.